The number of hydrogen-bond donors (Lipinski definition) is 1. The van der Waals surface area contributed by atoms with E-state index in [1.165, 1.54) is 6.33 Å². The predicted octanol–water partition coefficient (Wildman–Crippen LogP) is 4.52. The fraction of sp³-hybridized carbons (Fsp3) is 0.741. The van der Waals surface area contributed by atoms with Crippen molar-refractivity contribution in [2.24, 2.45) is 11.8 Å². The van der Waals surface area contributed by atoms with Gasteiger partial charge in [0.25, 0.3) is 0 Å². The van der Waals surface area contributed by atoms with Gasteiger partial charge in [-0.15, -0.1) is 0 Å². The lowest BCUT2D eigenvalue weighted by Crippen LogP contribution is -2.46. The number of anilines is 1. The van der Waals surface area contributed by atoms with Gasteiger partial charge >= 0.3 is 5.97 Å². The summed E-state index contributed by atoms with van der Waals surface area (Å²) >= 11 is 0. The van der Waals surface area contributed by atoms with E-state index in [4.69, 9.17) is 19.9 Å². The van der Waals surface area contributed by atoms with Crippen LogP contribution in [0.3, 0.4) is 0 Å². The van der Waals surface area contributed by atoms with Gasteiger partial charge in [-0.3, -0.25) is 4.79 Å². The molecular weight excluding hydrogens is 458 g/mol. The first-order valence-corrected chi connectivity index (χ1v) is 13.5. The maximum absolute atomic E-state index is 11.9. The molecule has 0 spiro atoms. The molecule has 1 aliphatic carbocycles. The van der Waals surface area contributed by atoms with Crippen LogP contribution < -0.4 is 5.73 Å². The van der Waals surface area contributed by atoms with E-state index in [2.05, 4.69) is 35.8 Å². The highest BCUT2D eigenvalue weighted by Crippen LogP contribution is 2.42. The first-order valence-electron chi connectivity index (χ1n) is 13.5. The summed E-state index contributed by atoms with van der Waals surface area (Å²) in [5.74, 6) is 0.609. The molecule has 1 saturated carbocycles. The van der Waals surface area contributed by atoms with Crippen molar-refractivity contribution in [1.29, 1.82) is 0 Å². The smallest absolute Gasteiger partial charge is 0.305 e. The van der Waals surface area contributed by atoms with Crippen LogP contribution in [0, 0.1) is 11.8 Å². The largest absolute Gasteiger partial charge is 0.466 e. The lowest BCUT2D eigenvalue weighted by Gasteiger charge is -2.43. The van der Waals surface area contributed by atoms with Crippen LogP contribution in [0.15, 0.2) is 18.6 Å². The molecule has 0 unspecified atom stereocenters. The van der Waals surface area contributed by atoms with Crippen LogP contribution in [-0.2, 0) is 19.0 Å². The van der Waals surface area contributed by atoms with Gasteiger partial charge in [-0.25, -0.2) is 9.97 Å². The molecule has 3 atom stereocenters. The first kappa shape index (κ1) is 26.8. The lowest BCUT2D eigenvalue weighted by molar-refractivity contribution is -0.156. The highest BCUT2D eigenvalue weighted by Gasteiger charge is 2.47. The number of nitrogens with zero attached hydrogens (tertiary/aromatic N) is 4. The van der Waals surface area contributed by atoms with E-state index >= 15 is 0 Å². The van der Waals surface area contributed by atoms with E-state index in [1.807, 2.05) is 30.7 Å². The summed E-state index contributed by atoms with van der Waals surface area (Å²) in [6.07, 6.45) is 9.73. The third kappa shape index (κ3) is 6.01. The van der Waals surface area contributed by atoms with E-state index in [0.29, 0.717) is 30.8 Å². The number of nitrogen functional groups attached to an aromatic ring is 1. The fourth-order valence-corrected chi connectivity index (χ4v) is 5.52. The van der Waals surface area contributed by atoms with Gasteiger partial charge in [-0.2, -0.15) is 0 Å². The number of ether oxygens (including phenoxy) is 3. The lowest BCUT2D eigenvalue weighted by atomic mass is 9.76. The van der Waals surface area contributed by atoms with Gasteiger partial charge in [0.1, 0.15) is 23.9 Å². The summed E-state index contributed by atoms with van der Waals surface area (Å²) in [5, 5.41) is 0.824. The highest BCUT2D eigenvalue weighted by molar-refractivity contribution is 5.86. The summed E-state index contributed by atoms with van der Waals surface area (Å²) in [4.78, 5) is 23.0. The zero-order valence-corrected chi connectivity index (χ0v) is 22.5. The molecule has 200 valence electrons. The number of carbonyl (C=O) groups is 1. The number of aromatic nitrogens is 3. The van der Waals surface area contributed by atoms with E-state index in [9.17, 15) is 4.79 Å². The molecule has 3 heterocycles. The monoisotopic (exact) mass is 501 g/mol. The molecule has 2 aromatic heterocycles. The molecule has 1 saturated heterocycles. The Morgan fingerprint density at radius 2 is 2.08 bits per heavy atom. The zero-order valence-electron chi connectivity index (χ0n) is 22.5. The Morgan fingerprint density at radius 3 is 2.81 bits per heavy atom. The maximum atomic E-state index is 11.9. The SMILES string of the molecule is CCCCOC(=O)CCC1CC(N(C)C[C@@H](CC)[C@H]2OC(C)(C)O[C@H]2n2ccc3c(N)ncnc32)C1. The number of hydrogen-bond acceptors (Lipinski definition) is 8. The average Bonchev–Trinajstić information content (AvgIpc) is 3.37. The van der Waals surface area contributed by atoms with Crippen LogP contribution in [0.25, 0.3) is 11.0 Å². The van der Waals surface area contributed by atoms with Crippen LogP contribution in [0.2, 0.25) is 0 Å². The number of unbranched alkanes of at least 4 members (excludes halogenated alkanes) is 1. The van der Waals surface area contributed by atoms with Crippen molar-refractivity contribution in [3.8, 4) is 0 Å². The van der Waals surface area contributed by atoms with Crippen LogP contribution in [0.1, 0.15) is 78.9 Å². The third-order valence-corrected chi connectivity index (χ3v) is 7.78. The second-order valence-electron chi connectivity index (χ2n) is 10.9. The molecule has 0 bridgehead atoms. The molecule has 0 amide bonds. The van der Waals surface area contributed by atoms with Crippen molar-refractivity contribution < 1.29 is 19.0 Å². The maximum Gasteiger partial charge on any atom is 0.305 e. The van der Waals surface area contributed by atoms with Gasteiger partial charge in [0.2, 0.25) is 0 Å². The van der Waals surface area contributed by atoms with Crippen molar-refractivity contribution in [2.45, 2.75) is 96.8 Å². The van der Waals surface area contributed by atoms with Crippen LogP contribution in [0.4, 0.5) is 5.82 Å². The zero-order chi connectivity index (χ0) is 25.9. The summed E-state index contributed by atoms with van der Waals surface area (Å²) in [6.45, 7) is 9.72. The van der Waals surface area contributed by atoms with Crippen molar-refractivity contribution >= 4 is 22.8 Å². The Hall–Kier alpha value is -2.23. The van der Waals surface area contributed by atoms with E-state index < -0.39 is 5.79 Å². The Labute approximate surface area is 214 Å². The molecule has 2 aromatic rings. The van der Waals surface area contributed by atoms with Gasteiger partial charge in [0.15, 0.2) is 12.0 Å². The van der Waals surface area contributed by atoms with E-state index in [1.54, 1.807) is 0 Å². The first-order chi connectivity index (χ1) is 17.2. The summed E-state index contributed by atoms with van der Waals surface area (Å²) < 4.78 is 20.2. The number of esters is 1. The molecule has 0 radical (unpaired) electrons. The second-order valence-corrected chi connectivity index (χ2v) is 10.9. The minimum atomic E-state index is -0.691. The summed E-state index contributed by atoms with van der Waals surface area (Å²) in [6, 6.07) is 2.48. The number of fused-ring (bicyclic) bond motifs is 1. The average molecular weight is 502 g/mol. The van der Waals surface area contributed by atoms with E-state index in [-0.39, 0.29) is 24.2 Å². The van der Waals surface area contributed by atoms with Gasteiger partial charge in [0.05, 0.1) is 12.0 Å². The van der Waals surface area contributed by atoms with Crippen molar-refractivity contribution in [1.82, 2.24) is 19.4 Å². The Morgan fingerprint density at radius 1 is 1.31 bits per heavy atom. The predicted molar refractivity (Wildman–Crippen MR) is 139 cm³/mol. The molecule has 0 aromatic carbocycles. The van der Waals surface area contributed by atoms with Gasteiger partial charge in [-0.1, -0.05) is 20.3 Å². The normalized spacial score (nSPS) is 26.3. The number of rotatable bonds is 12. The second kappa shape index (κ2) is 11.4. The fourth-order valence-electron chi connectivity index (χ4n) is 5.52. The number of carbonyl (C=O) groups excluding carboxylic acids is 1. The van der Waals surface area contributed by atoms with Gasteiger partial charge in [0, 0.05) is 31.1 Å². The minimum absolute atomic E-state index is 0.0529. The Balaban J connectivity index is 1.34. The van der Waals surface area contributed by atoms with Crippen LogP contribution in [-0.4, -0.2) is 63.5 Å². The highest BCUT2D eigenvalue weighted by atomic mass is 16.8. The third-order valence-electron chi connectivity index (χ3n) is 7.78. The number of nitrogens with two attached hydrogens (primary N) is 1. The molecule has 36 heavy (non-hydrogen) atoms. The summed E-state index contributed by atoms with van der Waals surface area (Å²) in [5.41, 5.74) is 6.83. The molecule has 1 aliphatic heterocycles. The van der Waals surface area contributed by atoms with Gasteiger partial charge in [-0.05, 0) is 65.0 Å². The van der Waals surface area contributed by atoms with Gasteiger partial charge < -0.3 is 29.4 Å². The minimum Gasteiger partial charge on any atom is -0.466 e. The molecule has 2 aliphatic rings. The van der Waals surface area contributed by atoms with E-state index in [0.717, 1.165) is 56.1 Å². The van der Waals surface area contributed by atoms with Crippen molar-refractivity contribution in [3.05, 3.63) is 18.6 Å². The molecule has 9 heteroatoms. The molecule has 2 fully saturated rings. The summed E-state index contributed by atoms with van der Waals surface area (Å²) in [7, 11) is 2.21. The Bertz CT molecular complexity index is 1020. The topological polar surface area (TPSA) is 105 Å². The van der Waals surface area contributed by atoms with Crippen LogP contribution >= 0.6 is 0 Å². The van der Waals surface area contributed by atoms with Crippen molar-refractivity contribution in [3.63, 3.8) is 0 Å². The molecule has 2 N–H and O–H groups in total. The Kier molecular flexibility index (Phi) is 8.52. The molecular formula is C27H43N5O4. The van der Waals surface area contributed by atoms with Crippen molar-refractivity contribution in [2.75, 3.05) is 25.9 Å². The van der Waals surface area contributed by atoms with Crippen LogP contribution in [0.5, 0.6) is 0 Å². The quantitative estimate of drug-likeness (QED) is 0.334. The molecule has 4 rings (SSSR count). The standard InChI is InChI=1S/C27H43N5O4/c1-6-8-13-34-22(33)10-9-18-14-20(15-18)31(5)16-19(7-2)23-26(36-27(3,4)35-23)32-12-11-21-24(28)29-17-30-25(21)32/h11-12,17-20,23,26H,6-10,13-16H2,1-5H3,(H2,28,29,30)/t18?,19-,20?,23-,26-/m1/s1. The molecule has 9 nitrogen and oxygen atoms in total.